The molecule has 0 atom stereocenters. The minimum absolute atomic E-state index is 0.00626. The third-order valence-electron chi connectivity index (χ3n) is 7.69. The molecule has 8 heteroatoms. The molecule has 2 aliphatic heterocycles. The predicted molar refractivity (Wildman–Crippen MR) is 140 cm³/mol. The fourth-order valence-corrected chi connectivity index (χ4v) is 6.38. The summed E-state index contributed by atoms with van der Waals surface area (Å²) in [7, 11) is 0. The summed E-state index contributed by atoms with van der Waals surface area (Å²) in [6, 6.07) is 7.94. The van der Waals surface area contributed by atoms with Crippen LogP contribution in [0.2, 0.25) is 0 Å². The lowest BCUT2D eigenvalue weighted by molar-refractivity contribution is -0.143. The van der Waals surface area contributed by atoms with Gasteiger partial charge in [0, 0.05) is 30.4 Å². The topological polar surface area (TPSA) is 62.3 Å². The highest BCUT2D eigenvalue weighted by Gasteiger charge is 2.30. The van der Waals surface area contributed by atoms with Gasteiger partial charge in [-0.3, -0.25) is 9.59 Å². The van der Waals surface area contributed by atoms with Gasteiger partial charge in [0.05, 0.1) is 13.1 Å². The van der Waals surface area contributed by atoms with E-state index in [4.69, 9.17) is 9.47 Å². The Morgan fingerprint density at radius 2 is 1.78 bits per heavy atom. The van der Waals surface area contributed by atoms with E-state index in [0.717, 1.165) is 62.4 Å². The molecule has 36 heavy (non-hydrogen) atoms. The van der Waals surface area contributed by atoms with Gasteiger partial charge >= 0.3 is 0 Å². The lowest BCUT2D eigenvalue weighted by atomic mass is 10.1. The first kappa shape index (κ1) is 25.1. The molecule has 1 aromatic carbocycles. The fourth-order valence-electron chi connectivity index (χ4n) is 5.46. The molecule has 2 amide bonds. The first-order valence-electron chi connectivity index (χ1n) is 13.3. The average molecular weight is 512 g/mol. The summed E-state index contributed by atoms with van der Waals surface area (Å²) in [5, 5.41) is 2.07. The van der Waals surface area contributed by atoms with Gasteiger partial charge in [0.25, 0.3) is 0 Å². The first-order valence-corrected chi connectivity index (χ1v) is 14.2. The van der Waals surface area contributed by atoms with Crippen molar-refractivity contribution in [2.45, 2.75) is 58.5 Å². The number of benzene rings is 1. The monoisotopic (exact) mass is 511 g/mol. The van der Waals surface area contributed by atoms with Crippen molar-refractivity contribution in [2.75, 3.05) is 39.5 Å². The minimum Gasteiger partial charge on any atom is -0.454 e. The van der Waals surface area contributed by atoms with E-state index in [1.807, 2.05) is 28.0 Å². The maximum atomic E-state index is 13.8. The van der Waals surface area contributed by atoms with E-state index in [2.05, 4.69) is 23.3 Å². The van der Waals surface area contributed by atoms with Crippen molar-refractivity contribution in [2.24, 2.45) is 5.92 Å². The Labute approximate surface area is 218 Å². The summed E-state index contributed by atoms with van der Waals surface area (Å²) < 4.78 is 11.0. The molecular weight excluding hydrogens is 474 g/mol. The zero-order valence-electron chi connectivity index (χ0n) is 21.2. The highest BCUT2D eigenvalue weighted by molar-refractivity contribution is 7.10. The smallest absolute Gasteiger partial charge is 0.242 e. The van der Waals surface area contributed by atoms with Crippen LogP contribution in [0, 0.1) is 12.8 Å². The number of likely N-dealkylation sites (tertiary alicyclic amines) is 1. The SMILES string of the molecule is Cc1ccsc1CN(Cc1ccc2c(c1)OCO2)C(=O)CN(CCN1CCCC1)C(=O)C1CCCC1. The lowest BCUT2D eigenvalue weighted by Crippen LogP contribution is -2.46. The Kier molecular flexibility index (Phi) is 8.12. The summed E-state index contributed by atoms with van der Waals surface area (Å²) in [5.74, 6) is 1.68. The Morgan fingerprint density at radius 1 is 1.00 bits per heavy atom. The predicted octanol–water partition coefficient (Wildman–Crippen LogP) is 4.43. The van der Waals surface area contributed by atoms with Crippen molar-refractivity contribution in [3.05, 3.63) is 45.6 Å². The van der Waals surface area contributed by atoms with Crippen LogP contribution in [-0.4, -0.2) is 66.0 Å². The molecule has 0 spiro atoms. The van der Waals surface area contributed by atoms with Gasteiger partial charge in [0.2, 0.25) is 18.6 Å². The third kappa shape index (κ3) is 6.03. The van der Waals surface area contributed by atoms with E-state index in [1.54, 1.807) is 11.3 Å². The molecule has 0 bridgehead atoms. The molecule has 0 radical (unpaired) electrons. The zero-order valence-corrected chi connectivity index (χ0v) is 22.1. The van der Waals surface area contributed by atoms with Crippen LogP contribution in [0.3, 0.4) is 0 Å². The number of amides is 2. The normalized spacial score (nSPS) is 17.6. The fraction of sp³-hybridized carbons (Fsp3) is 0.571. The molecule has 0 N–H and O–H groups in total. The van der Waals surface area contributed by atoms with Crippen LogP contribution in [-0.2, 0) is 22.7 Å². The van der Waals surface area contributed by atoms with Crippen molar-refractivity contribution in [3.8, 4) is 11.5 Å². The van der Waals surface area contributed by atoms with E-state index in [9.17, 15) is 9.59 Å². The summed E-state index contributed by atoms with van der Waals surface area (Å²) in [6.07, 6.45) is 6.56. The summed E-state index contributed by atoms with van der Waals surface area (Å²) >= 11 is 1.67. The van der Waals surface area contributed by atoms with Crippen LogP contribution >= 0.6 is 11.3 Å². The van der Waals surface area contributed by atoms with Crippen LogP contribution in [0.25, 0.3) is 0 Å². The van der Waals surface area contributed by atoms with Crippen LogP contribution < -0.4 is 9.47 Å². The van der Waals surface area contributed by atoms with Gasteiger partial charge < -0.3 is 24.2 Å². The number of hydrogen-bond donors (Lipinski definition) is 0. The maximum Gasteiger partial charge on any atom is 0.242 e. The number of fused-ring (bicyclic) bond motifs is 1. The van der Waals surface area contributed by atoms with E-state index in [0.29, 0.717) is 19.6 Å². The van der Waals surface area contributed by atoms with Crippen LogP contribution in [0.1, 0.15) is 54.5 Å². The van der Waals surface area contributed by atoms with Gasteiger partial charge in [-0.2, -0.15) is 0 Å². The van der Waals surface area contributed by atoms with E-state index >= 15 is 0 Å². The van der Waals surface area contributed by atoms with Crippen molar-refractivity contribution in [3.63, 3.8) is 0 Å². The molecule has 7 nitrogen and oxygen atoms in total. The van der Waals surface area contributed by atoms with Crippen molar-refractivity contribution in [1.29, 1.82) is 0 Å². The molecule has 0 unspecified atom stereocenters. The van der Waals surface area contributed by atoms with E-state index in [1.165, 1.54) is 23.3 Å². The summed E-state index contributed by atoms with van der Waals surface area (Å²) in [6.45, 7) is 7.10. The molecule has 1 saturated carbocycles. The molecule has 1 aromatic heterocycles. The van der Waals surface area contributed by atoms with Gasteiger partial charge in [0.15, 0.2) is 11.5 Å². The molecular formula is C28H37N3O4S. The van der Waals surface area contributed by atoms with Crippen LogP contribution in [0.15, 0.2) is 29.6 Å². The van der Waals surface area contributed by atoms with Gasteiger partial charge in [0.1, 0.15) is 0 Å². The Morgan fingerprint density at radius 3 is 2.53 bits per heavy atom. The van der Waals surface area contributed by atoms with Crippen LogP contribution in [0.5, 0.6) is 11.5 Å². The number of thiophene rings is 1. The highest BCUT2D eigenvalue weighted by Crippen LogP contribution is 2.33. The highest BCUT2D eigenvalue weighted by atomic mass is 32.1. The largest absolute Gasteiger partial charge is 0.454 e. The molecule has 1 aliphatic carbocycles. The summed E-state index contributed by atoms with van der Waals surface area (Å²) in [5.41, 5.74) is 2.18. The number of nitrogens with zero attached hydrogens (tertiary/aromatic N) is 3. The second-order valence-corrected chi connectivity index (χ2v) is 11.3. The maximum absolute atomic E-state index is 13.8. The molecule has 3 heterocycles. The van der Waals surface area contributed by atoms with Gasteiger partial charge in [-0.05, 0) is 80.4 Å². The molecule has 2 fully saturated rings. The first-order chi connectivity index (χ1) is 17.6. The Bertz CT molecular complexity index is 1060. The molecule has 1 saturated heterocycles. The molecule has 194 valence electrons. The number of hydrogen-bond acceptors (Lipinski definition) is 6. The number of rotatable bonds is 10. The second kappa shape index (κ2) is 11.6. The lowest BCUT2D eigenvalue weighted by Gasteiger charge is -2.30. The standard InChI is InChI=1S/C28H37N3O4S/c1-21-10-15-36-26(21)18-31(17-22-8-9-24-25(16-22)35-20-34-24)27(32)19-30(14-13-29-11-4-5-12-29)28(33)23-6-2-3-7-23/h8-10,15-16,23H,2-7,11-14,17-20H2,1H3. The second-order valence-electron chi connectivity index (χ2n) is 10.3. The van der Waals surface area contributed by atoms with Crippen molar-refractivity contribution < 1.29 is 19.1 Å². The Balaban J connectivity index is 1.32. The average Bonchev–Trinajstić information content (AvgIpc) is 3.69. The van der Waals surface area contributed by atoms with E-state index in [-0.39, 0.29) is 31.1 Å². The quantitative estimate of drug-likeness (QED) is 0.472. The zero-order chi connectivity index (χ0) is 24.9. The minimum atomic E-state index is -0.00626. The summed E-state index contributed by atoms with van der Waals surface area (Å²) in [4.78, 5) is 34.6. The van der Waals surface area contributed by atoms with Crippen molar-refractivity contribution >= 4 is 23.2 Å². The molecule has 3 aliphatic rings. The molecule has 2 aromatic rings. The Hall–Kier alpha value is -2.58. The number of ether oxygens (including phenoxy) is 2. The van der Waals surface area contributed by atoms with Gasteiger partial charge in [-0.1, -0.05) is 18.9 Å². The van der Waals surface area contributed by atoms with Gasteiger partial charge in [-0.25, -0.2) is 0 Å². The number of aryl methyl sites for hydroxylation is 1. The number of carbonyl (C=O) groups is 2. The van der Waals surface area contributed by atoms with Gasteiger partial charge in [-0.15, -0.1) is 11.3 Å². The number of carbonyl (C=O) groups excluding carboxylic acids is 2. The third-order valence-corrected chi connectivity index (χ3v) is 8.70. The molecule has 5 rings (SSSR count). The van der Waals surface area contributed by atoms with Crippen LogP contribution in [0.4, 0.5) is 0 Å². The van der Waals surface area contributed by atoms with Crippen molar-refractivity contribution in [1.82, 2.24) is 14.7 Å². The van der Waals surface area contributed by atoms with E-state index < -0.39 is 0 Å².